The van der Waals surface area contributed by atoms with Crippen molar-refractivity contribution in [1.29, 1.82) is 0 Å². The molecule has 1 saturated carbocycles. The number of aliphatic hydroxyl groups is 5. The third-order valence-corrected chi connectivity index (χ3v) is 15.3. The second kappa shape index (κ2) is 35.8. The summed E-state index contributed by atoms with van der Waals surface area (Å²) in [4.78, 5) is 49.8. The zero-order valence-corrected chi connectivity index (χ0v) is 48.2. The molecule has 3 aliphatic rings. The van der Waals surface area contributed by atoms with Crippen LogP contribution in [0.4, 0.5) is 0 Å². The molecule has 2 aliphatic heterocycles. The largest absolute Gasteiger partial charge is 0.459 e. The summed E-state index contributed by atoms with van der Waals surface area (Å²) < 4.78 is 39.9. The first-order valence-corrected chi connectivity index (χ1v) is 28.1. The lowest BCUT2D eigenvalue weighted by molar-refractivity contribution is -0.265. The Hall–Kier alpha value is -3.88. The summed E-state index contributed by atoms with van der Waals surface area (Å²) in [6, 6.07) is -2.01. The van der Waals surface area contributed by atoms with Crippen molar-refractivity contribution in [2.24, 2.45) is 40.5 Å². The van der Waals surface area contributed by atoms with Crippen LogP contribution in [0.2, 0.25) is 0 Å². The zero-order chi connectivity index (χ0) is 58.0. The number of hydrogen-bond acceptors (Lipinski definition) is 18. The van der Waals surface area contributed by atoms with Crippen LogP contribution in [0.15, 0.2) is 53.3 Å². The molecule has 0 aromatic carbocycles. The van der Waals surface area contributed by atoms with Crippen molar-refractivity contribution in [3.8, 4) is 12.3 Å². The van der Waals surface area contributed by atoms with Gasteiger partial charge in [0.1, 0.15) is 37.6 Å². The normalized spacial score (nSPS) is 26.8. The number of carbonyl (C=O) groups is 3. The van der Waals surface area contributed by atoms with E-state index in [4.69, 9.17) is 50.2 Å². The maximum atomic E-state index is 14.5. The van der Waals surface area contributed by atoms with Crippen molar-refractivity contribution in [2.75, 3.05) is 67.0 Å². The molecule has 19 nitrogen and oxygen atoms in total. The van der Waals surface area contributed by atoms with Gasteiger partial charge in [0.25, 0.3) is 11.7 Å². The van der Waals surface area contributed by atoms with Gasteiger partial charge in [-0.15, -0.1) is 6.42 Å². The van der Waals surface area contributed by atoms with Crippen molar-refractivity contribution in [1.82, 2.24) is 4.90 Å². The minimum absolute atomic E-state index is 0.00974. The van der Waals surface area contributed by atoms with E-state index in [2.05, 4.69) is 17.7 Å². The van der Waals surface area contributed by atoms with E-state index >= 15 is 0 Å². The number of nitrogens with two attached hydrogens (primary N) is 1. The maximum Gasteiger partial charge on any atom is 0.329 e. The molecule has 0 spiro atoms. The zero-order valence-electron chi connectivity index (χ0n) is 48.2. The summed E-state index contributed by atoms with van der Waals surface area (Å²) in [5, 5.41) is 61.8. The fraction of sp³-hybridized carbons (Fsp3) is 0.763. The highest BCUT2D eigenvalue weighted by Crippen LogP contribution is 2.37. The molecular formula is C59H97N3O16. The van der Waals surface area contributed by atoms with Crippen LogP contribution in [0.25, 0.3) is 0 Å². The number of hydrogen-bond donors (Lipinski definition) is 6. The van der Waals surface area contributed by atoms with Crippen LogP contribution in [0.3, 0.4) is 0 Å². The number of allylic oxidation sites excluding steroid dienone is 4. The molecule has 2 saturated heterocycles. The van der Waals surface area contributed by atoms with Gasteiger partial charge in [-0.05, 0) is 101 Å². The number of rotatable bonds is 35. The van der Waals surface area contributed by atoms with E-state index in [-0.39, 0.29) is 62.7 Å². The Labute approximate surface area is 464 Å². The van der Waals surface area contributed by atoms with Gasteiger partial charge in [0, 0.05) is 57.4 Å². The average molecular weight is 1100 g/mol. The molecule has 7 N–H and O–H groups in total. The number of Topliss-reactive ketones (excluding diaryl/α,β-unsaturated/α-hetero) is 1. The summed E-state index contributed by atoms with van der Waals surface area (Å²) >= 11 is 0. The quantitative estimate of drug-likeness (QED) is 0.00702. The molecule has 1 amide bonds. The number of carbonyl (C=O) groups excluding carboxylic acids is 3. The number of methoxy groups -OCH3 is 2. The summed E-state index contributed by atoms with van der Waals surface area (Å²) in [6.45, 7) is 18.6. The molecule has 0 unspecified atom stereocenters. The first kappa shape index (κ1) is 68.4. The highest BCUT2D eigenvalue weighted by molar-refractivity contribution is 6.39. The highest BCUT2D eigenvalue weighted by Gasteiger charge is 2.53. The minimum atomic E-state index is -2.46. The topological polar surface area (TPSA) is 268 Å². The predicted octanol–water partition coefficient (Wildman–Crippen LogP) is 5.13. The van der Waals surface area contributed by atoms with Gasteiger partial charge in [0.05, 0.1) is 69.3 Å². The molecule has 0 bridgehead atoms. The second-order valence-corrected chi connectivity index (χ2v) is 22.0. The summed E-state index contributed by atoms with van der Waals surface area (Å²) in [6.07, 6.45) is 11.7. The van der Waals surface area contributed by atoms with Gasteiger partial charge in [-0.2, -0.15) is 0 Å². The van der Waals surface area contributed by atoms with Crippen molar-refractivity contribution < 1.29 is 77.9 Å². The highest BCUT2D eigenvalue weighted by atomic mass is 16.6. The lowest BCUT2D eigenvalue weighted by Gasteiger charge is -2.42. The number of aliphatic hydroxyl groups excluding tert-OH is 4. The number of terminal acetylenes is 1. The van der Waals surface area contributed by atoms with E-state index in [1.54, 1.807) is 53.2 Å². The predicted molar refractivity (Wildman–Crippen MR) is 297 cm³/mol. The van der Waals surface area contributed by atoms with Gasteiger partial charge in [0.15, 0.2) is 0 Å². The van der Waals surface area contributed by atoms with Crippen LogP contribution in [-0.2, 0) is 52.4 Å². The van der Waals surface area contributed by atoms with Gasteiger partial charge in [-0.25, -0.2) is 4.79 Å². The standard InChI is InChI=1S/C59H97N3O16/c1-12-14-15-18-39(5)50(71-10)36-45-22-20-43(9)59(70,78-45)56(67)57(68)62-24-17-16-19-47(62)58(69)77-51(46(60)34-44-21-23-48(63)52(35-44)72-11)37-49(64)40(6)33-42(8)54(65)55(66)53(41(7)32-38(3)4)61-76-31-30-75-29-28-74-27-26-73-25-13-2/h2,12,14-15,18,33,38,40-41,43-52,54-55,63-66,70H,1,16-17,19-32,34-37,60H2,3-11H3/b15-14+,39-18+,42-33+,61-53+/t40-,41-,43-,44+,45+,46-,47+,48-,49-,50+,51+,52-,54-,55+,59-/m1/s1. The number of ether oxygens (including phenoxy) is 7. The van der Waals surface area contributed by atoms with Crippen molar-refractivity contribution >= 4 is 23.4 Å². The molecule has 19 heteroatoms. The molecule has 0 aromatic rings. The first-order valence-electron chi connectivity index (χ1n) is 28.1. The Bertz CT molecular complexity index is 1990. The molecule has 444 valence electrons. The van der Waals surface area contributed by atoms with Gasteiger partial charge < -0.3 is 74.2 Å². The Balaban J connectivity index is 1.81. The number of piperidine rings is 1. The Kier molecular flexibility index (Phi) is 31.4. The maximum absolute atomic E-state index is 14.5. The van der Waals surface area contributed by atoms with Gasteiger partial charge in [0.2, 0.25) is 5.79 Å². The smallest absolute Gasteiger partial charge is 0.329 e. The molecule has 1 aliphatic carbocycles. The van der Waals surface area contributed by atoms with E-state index in [0.29, 0.717) is 96.2 Å². The van der Waals surface area contributed by atoms with Crippen LogP contribution in [0.1, 0.15) is 126 Å². The number of likely N-dealkylation sites (tertiary alicyclic amines) is 1. The van der Waals surface area contributed by atoms with E-state index < -0.39 is 96.2 Å². The SMILES string of the molecule is C#CCOCCOCCOCCO/N=C(\[C@H](C)CC(C)C)[C@H](O)[C@H](O)/C(C)=C/[C@@H](C)[C@H](O)C[C@H](OC(=O)[C@@H]1CCCCN1C(=O)C(=O)[C@]1(O)O[C@H](C[C@H](OC)/C(C)=C/C=C/C=C)CC[C@H]1C)[C@H](N)C[C@@H]1CC[C@@H](O)[C@H](OC)C1. The Morgan fingerprint density at radius 3 is 2.22 bits per heavy atom. The molecular weight excluding hydrogens is 1010 g/mol. The van der Waals surface area contributed by atoms with Crippen molar-refractivity contribution in [3.05, 3.63) is 48.1 Å². The van der Waals surface area contributed by atoms with E-state index in [1.165, 1.54) is 0 Å². The van der Waals surface area contributed by atoms with Gasteiger partial charge >= 0.3 is 5.97 Å². The summed E-state index contributed by atoms with van der Waals surface area (Å²) in [7, 11) is 3.11. The molecule has 15 atom stereocenters. The molecule has 3 rings (SSSR count). The van der Waals surface area contributed by atoms with Gasteiger partial charge in [-0.1, -0.05) is 82.7 Å². The van der Waals surface area contributed by atoms with Crippen LogP contribution in [0, 0.1) is 41.9 Å². The lowest BCUT2D eigenvalue weighted by atomic mass is 9.80. The fourth-order valence-electron chi connectivity index (χ4n) is 10.6. The number of esters is 1. The lowest BCUT2D eigenvalue weighted by Crippen LogP contribution is -2.61. The van der Waals surface area contributed by atoms with E-state index in [9.17, 15) is 39.9 Å². The number of amides is 1. The third kappa shape index (κ3) is 21.9. The van der Waals surface area contributed by atoms with E-state index in [1.807, 2.05) is 39.8 Å². The molecule has 3 fully saturated rings. The Morgan fingerprint density at radius 1 is 0.897 bits per heavy atom. The van der Waals surface area contributed by atoms with Crippen LogP contribution in [0.5, 0.6) is 0 Å². The first-order chi connectivity index (χ1) is 37.1. The van der Waals surface area contributed by atoms with Crippen LogP contribution < -0.4 is 5.73 Å². The van der Waals surface area contributed by atoms with Crippen LogP contribution >= 0.6 is 0 Å². The molecule has 2 heterocycles. The summed E-state index contributed by atoms with van der Waals surface area (Å²) in [5.74, 6) is -4.54. The van der Waals surface area contributed by atoms with E-state index in [0.717, 1.165) is 10.5 Å². The third-order valence-electron chi connectivity index (χ3n) is 15.3. The molecule has 0 aromatic heterocycles. The monoisotopic (exact) mass is 1100 g/mol. The van der Waals surface area contributed by atoms with Gasteiger partial charge in [-0.3, -0.25) is 9.59 Å². The molecule has 78 heavy (non-hydrogen) atoms. The average Bonchev–Trinajstić information content (AvgIpc) is 3.43. The fourth-order valence-corrected chi connectivity index (χ4v) is 10.6. The number of oxime groups is 1. The van der Waals surface area contributed by atoms with Crippen LogP contribution in [-0.4, -0.2) is 188 Å². The van der Waals surface area contributed by atoms with Crippen molar-refractivity contribution in [3.63, 3.8) is 0 Å². The Morgan fingerprint density at radius 2 is 1.58 bits per heavy atom. The molecule has 0 radical (unpaired) electrons. The minimum Gasteiger partial charge on any atom is -0.459 e. The number of nitrogens with zero attached hydrogens (tertiary/aromatic N) is 2. The number of ketones is 1. The second-order valence-electron chi connectivity index (χ2n) is 22.0. The summed E-state index contributed by atoms with van der Waals surface area (Å²) in [5.41, 5.74) is 8.42. The van der Waals surface area contributed by atoms with Crippen molar-refractivity contribution in [2.45, 2.75) is 192 Å².